The number of amides is 3. The number of hydrogen-bond donors (Lipinski definition) is 1. The Kier molecular flexibility index (Phi) is 9.86. The highest BCUT2D eigenvalue weighted by atomic mass is 16.6. The zero-order valence-electron chi connectivity index (χ0n) is 25.3. The van der Waals surface area contributed by atoms with Crippen LogP contribution in [0.2, 0.25) is 0 Å². The van der Waals surface area contributed by atoms with Crippen LogP contribution < -0.4 is 10.1 Å². The number of nitro benzene ring substituents is 1. The fraction of sp³-hybridized carbons (Fsp3) is 0.406. The molecule has 3 aliphatic rings. The molecule has 1 N–H and O–H groups in total. The fourth-order valence-corrected chi connectivity index (χ4v) is 5.57. The second kappa shape index (κ2) is 14.1. The predicted molar refractivity (Wildman–Crippen MR) is 163 cm³/mol. The van der Waals surface area contributed by atoms with E-state index in [1.165, 1.54) is 17.0 Å². The molecule has 2 aromatic carbocycles. The van der Waals surface area contributed by atoms with E-state index in [4.69, 9.17) is 9.47 Å². The highest BCUT2D eigenvalue weighted by molar-refractivity contribution is 5.92. The smallest absolute Gasteiger partial charge is 0.408 e. The van der Waals surface area contributed by atoms with Gasteiger partial charge in [-0.2, -0.15) is 0 Å². The predicted octanol–water partition coefficient (Wildman–Crippen LogP) is 4.28. The molecule has 1 aromatic heterocycles. The van der Waals surface area contributed by atoms with E-state index in [-0.39, 0.29) is 54.0 Å². The molecule has 6 rings (SSSR count). The number of aryl methyl sites for hydroxylation is 1. The summed E-state index contributed by atoms with van der Waals surface area (Å²) in [6, 6.07) is 14.0. The lowest BCUT2D eigenvalue weighted by Gasteiger charge is -2.29. The first-order chi connectivity index (χ1) is 21.7. The Morgan fingerprint density at radius 2 is 1.87 bits per heavy atom. The SMILES string of the molecule is Cc1cc2nc(n1)-c1ccc(c([N+](=O)[O-])c1)OC[C@@H]1CCCN1C(=O)[C@@H](NC(=O)OCc1ccccc1)CCCCN(C)C2=O. The van der Waals surface area contributed by atoms with Crippen molar-refractivity contribution in [2.24, 2.45) is 0 Å². The van der Waals surface area contributed by atoms with Crippen LogP contribution in [0.1, 0.15) is 53.8 Å². The van der Waals surface area contributed by atoms with E-state index in [0.717, 1.165) is 12.0 Å². The summed E-state index contributed by atoms with van der Waals surface area (Å²) in [5.74, 6) is -0.361. The maximum absolute atomic E-state index is 13.8. The molecule has 0 radical (unpaired) electrons. The minimum Gasteiger partial charge on any atom is -0.485 e. The van der Waals surface area contributed by atoms with Gasteiger partial charge < -0.3 is 24.6 Å². The van der Waals surface area contributed by atoms with Crippen molar-refractivity contribution < 1.29 is 28.8 Å². The van der Waals surface area contributed by atoms with Crippen molar-refractivity contribution >= 4 is 23.6 Å². The van der Waals surface area contributed by atoms with Crippen LogP contribution in [-0.4, -0.2) is 81.4 Å². The highest BCUT2D eigenvalue weighted by Crippen LogP contribution is 2.32. The highest BCUT2D eigenvalue weighted by Gasteiger charge is 2.35. The number of carbonyl (C=O) groups is 3. The van der Waals surface area contributed by atoms with Crippen molar-refractivity contribution in [3.8, 4) is 17.1 Å². The molecule has 13 heteroatoms. The van der Waals surface area contributed by atoms with Crippen molar-refractivity contribution in [3.63, 3.8) is 0 Å². The van der Waals surface area contributed by atoms with Gasteiger partial charge in [0.25, 0.3) is 5.91 Å². The Morgan fingerprint density at radius 3 is 2.64 bits per heavy atom. The first-order valence-electron chi connectivity index (χ1n) is 15.0. The third kappa shape index (κ3) is 7.72. The molecule has 0 aliphatic carbocycles. The number of benzene rings is 2. The number of alkyl carbamates (subject to hydrolysis) is 1. The van der Waals surface area contributed by atoms with Crippen LogP contribution in [0, 0.1) is 17.0 Å². The molecular formula is C32H36N6O7. The Balaban J connectivity index is 1.41. The number of rotatable bonds is 4. The Labute approximate surface area is 260 Å². The Morgan fingerprint density at radius 1 is 1.07 bits per heavy atom. The molecule has 0 unspecified atom stereocenters. The zero-order valence-corrected chi connectivity index (χ0v) is 25.3. The van der Waals surface area contributed by atoms with Crippen molar-refractivity contribution in [2.45, 2.75) is 57.7 Å². The van der Waals surface area contributed by atoms with Crippen LogP contribution in [0.4, 0.5) is 10.5 Å². The monoisotopic (exact) mass is 616 g/mol. The van der Waals surface area contributed by atoms with Gasteiger partial charge in [0.1, 0.15) is 24.9 Å². The summed E-state index contributed by atoms with van der Waals surface area (Å²) < 4.78 is 11.3. The van der Waals surface area contributed by atoms with E-state index in [9.17, 15) is 24.5 Å². The molecule has 3 amide bonds. The van der Waals surface area contributed by atoms with Crippen LogP contribution >= 0.6 is 0 Å². The van der Waals surface area contributed by atoms with E-state index in [0.29, 0.717) is 50.0 Å². The number of nitrogens with one attached hydrogen (secondary N) is 1. The van der Waals surface area contributed by atoms with Crippen molar-refractivity contribution in [3.05, 3.63) is 81.7 Å². The van der Waals surface area contributed by atoms with Crippen LogP contribution in [0.15, 0.2) is 54.6 Å². The van der Waals surface area contributed by atoms with Crippen LogP contribution in [0.25, 0.3) is 11.4 Å². The molecule has 1 saturated heterocycles. The van der Waals surface area contributed by atoms with Crippen molar-refractivity contribution in [2.75, 3.05) is 26.7 Å². The molecule has 0 spiro atoms. The average molecular weight is 617 g/mol. The summed E-state index contributed by atoms with van der Waals surface area (Å²) >= 11 is 0. The standard InChI is InChI=1S/C32H36N6O7/c1-21-17-26-30(39)36(2)15-7-6-12-25(35-32(41)45-19-22-9-4-3-5-10-22)31(40)37-16-8-11-24(37)20-44-28-14-13-23(29(33-21)34-26)18-27(28)38(42)43/h3-5,9-10,13-14,17-18,24-25H,6-8,11-12,15-16,19-20H2,1-2H3,(H,35,41)/t24-,25-/m0/s1. The van der Waals surface area contributed by atoms with Crippen molar-refractivity contribution in [1.29, 1.82) is 0 Å². The molecule has 45 heavy (non-hydrogen) atoms. The summed E-state index contributed by atoms with van der Waals surface area (Å²) in [6.45, 7) is 2.68. The first kappa shape index (κ1) is 31.4. The van der Waals surface area contributed by atoms with E-state index >= 15 is 0 Å². The molecule has 1 fully saturated rings. The number of aromatic nitrogens is 2. The second-order valence-electron chi connectivity index (χ2n) is 11.3. The number of nitrogens with zero attached hydrogens (tertiary/aromatic N) is 5. The maximum Gasteiger partial charge on any atom is 0.408 e. The third-order valence-corrected chi connectivity index (χ3v) is 7.96. The third-order valence-electron chi connectivity index (χ3n) is 7.96. The molecule has 2 atom stereocenters. The lowest BCUT2D eigenvalue weighted by molar-refractivity contribution is -0.385. The van der Waals surface area contributed by atoms with E-state index < -0.39 is 17.1 Å². The Hall–Kier alpha value is -5.07. The number of carbonyl (C=O) groups excluding carboxylic acids is 3. The average Bonchev–Trinajstić information content (AvgIpc) is 3.51. The number of hydrogen-bond acceptors (Lipinski definition) is 9. The largest absolute Gasteiger partial charge is 0.485 e. The van der Waals surface area contributed by atoms with Gasteiger partial charge in [-0.3, -0.25) is 19.7 Å². The summed E-state index contributed by atoms with van der Waals surface area (Å²) in [7, 11) is 1.66. The zero-order chi connectivity index (χ0) is 31.9. The minimum atomic E-state index is -0.863. The quantitative estimate of drug-likeness (QED) is 0.334. The number of ether oxygens (including phenoxy) is 2. The van der Waals surface area contributed by atoms with Gasteiger partial charge in [0, 0.05) is 37.5 Å². The summed E-state index contributed by atoms with van der Waals surface area (Å²) in [5.41, 5.74) is 1.61. The van der Waals surface area contributed by atoms with Gasteiger partial charge >= 0.3 is 11.8 Å². The molecule has 3 aliphatic heterocycles. The van der Waals surface area contributed by atoms with Crippen molar-refractivity contribution in [1.82, 2.24) is 25.1 Å². The van der Waals surface area contributed by atoms with Gasteiger partial charge in [-0.15, -0.1) is 0 Å². The van der Waals surface area contributed by atoms with Crippen LogP contribution in [0.5, 0.6) is 5.75 Å². The van der Waals surface area contributed by atoms with Crippen LogP contribution in [-0.2, 0) is 16.1 Å². The van der Waals surface area contributed by atoms with E-state index in [1.54, 1.807) is 31.0 Å². The molecule has 13 nitrogen and oxygen atoms in total. The van der Waals surface area contributed by atoms with Gasteiger partial charge in [-0.1, -0.05) is 30.3 Å². The number of nitro groups is 1. The fourth-order valence-electron chi connectivity index (χ4n) is 5.57. The molecule has 4 heterocycles. The van der Waals surface area contributed by atoms with E-state index in [2.05, 4.69) is 15.3 Å². The molecular weight excluding hydrogens is 580 g/mol. The van der Waals surface area contributed by atoms with Gasteiger partial charge in [-0.25, -0.2) is 14.8 Å². The normalized spacial score (nSPS) is 19.2. The van der Waals surface area contributed by atoms with Crippen LogP contribution in [0.3, 0.4) is 0 Å². The molecule has 0 saturated carbocycles. The number of fused-ring (bicyclic) bond motifs is 10. The maximum atomic E-state index is 13.8. The molecule has 236 valence electrons. The summed E-state index contributed by atoms with van der Waals surface area (Å²) in [5, 5.41) is 14.8. The van der Waals surface area contributed by atoms with Gasteiger partial charge in [0.2, 0.25) is 5.91 Å². The Bertz CT molecular complexity index is 1570. The topological polar surface area (TPSA) is 157 Å². The lowest BCUT2D eigenvalue weighted by atomic mass is 10.1. The minimum absolute atomic E-state index is 0.0431. The first-order valence-corrected chi connectivity index (χ1v) is 15.0. The second-order valence-corrected chi connectivity index (χ2v) is 11.3. The summed E-state index contributed by atoms with van der Waals surface area (Å²) in [6.07, 6.45) is 2.12. The molecule has 4 bridgehead atoms. The summed E-state index contributed by atoms with van der Waals surface area (Å²) in [4.78, 5) is 63.5. The van der Waals surface area contributed by atoms with E-state index in [1.807, 2.05) is 30.3 Å². The van der Waals surface area contributed by atoms with Gasteiger partial charge in [-0.05, 0) is 62.8 Å². The van der Waals surface area contributed by atoms with Gasteiger partial charge in [0.05, 0.1) is 11.0 Å². The lowest BCUT2D eigenvalue weighted by Crippen LogP contribution is -2.51. The molecule has 3 aromatic rings. The van der Waals surface area contributed by atoms with Gasteiger partial charge in [0.15, 0.2) is 11.6 Å².